The number of amides is 1. The quantitative estimate of drug-likeness (QED) is 0.584. The van der Waals surface area contributed by atoms with Gasteiger partial charge in [0, 0.05) is 25.3 Å². The van der Waals surface area contributed by atoms with Crippen LogP contribution in [0.2, 0.25) is 0 Å². The SMILES string of the molecule is Cc1ccc(S(=O)(=O)N2CCC(C(=O)Nc3nc4ccc(S(C)(=O)=O)cc4s3)CC2)cc1. The number of fused-ring (bicyclic) bond motifs is 1. The van der Waals surface area contributed by atoms with Crippen molar-refractivity contribution in [3.63, 3.8) is 0 Å². The molecule has 2 heterocycles. The van der Waals surface area contributed by atoms with E-state index in [2.05, 4.69) is 10.3 Å². The second kappa shape index (κ2) is 8.54. The van der Waals surface area contributed by atoms with Gasteiger partial charge in [0.1, 0.15) is 0 Å². The van der Waals surface area contributed by atoms with Gasteiger partial charge in [0.25, 0.3) is 0 Å². The van der Waals surface area contributed by atoms with E-state index in [0.29, 0.717) is 28.2 Å². The van der Waals surface area contributed by atoms with E-state index < -0.39 is 19.9 Å². The zero-order valence-corrected chi connectivity index (χ0v) is 20.1. The molecule has 32 heavy (non-hydrogen) atoms. The number of aryl methyl sites for hydroxylation is 1. The summed E-state index contributed by atoms with van der Waals surface area (Å²) in [5.41, 5.74) is 1.60. The molecule has 1 N–H and O–H groups in total. The Hall–Kier alpha value is -2.34. The second-order valence-electron chi connectivity index (χ2n) is 7.90. The van der Waals surface area contributed by atoms with Gasteiger partial charge in [-0.2, -0.15) is 4.31 Å². The van der Waals surface area contributed by atoms with Crippen molar-refractivity contribution in [2.24, 2.45) is 5.92 Å². The van der Waals surface area contributed by atoms with Gasteiger partial charge in [-0.1, -0.05) is 29.0 Å². The van der Waals surface area contributed by atoms with Gasteiger partial charge in [-0.15, -0.1) is 0 Å². The van der Waals surface area contributed by atoms with Crippen molar-refractivity contribution in [3.05, 3.63) is 48.0 Å². The molecule has 11 heteroatoms. The summed E-state index contributed by atoms with van der Waals surface area (Å²) in [4.78, 5) is 17.5. The summed E-state index contributed by atoms with van der Waals surface area (Å²) in [6.07, 6.45) is 1.98. The Balaban J connectivity index is 1.41. The second-order valence-corrected chi connectivity index (χ2v) is 12.9. The number of hydrogen-bond acceptors (Lipinski definition) is 7. The number of sulfonamides is 1. The van der Waals surface area contributed by atoms with Crippen LogP contribution in [0.4, 0.5) is 5.13 Å². The van der Waals surface area contributed by atoms with E-state index in [4.69, 9.17) is 0 Å². The number of benzene rings is 2. The Morgan fingerprint density at radius 3 is 2.28 bits per heavy atom. The third kappa shape index (κ3) is 4.70. The number of aromatic nitrogens is 1. The number of carbonyl (C=O) groups is 1. The van der Waals surface area contributed by atoms with Crippen molar-refractivity contribution < 1.29 is 21.6 Å². The topological polar surface area (TPSA) is 114 Å². The number of nitrogens with zero attached hydrogens (tertiary/aromatic N) is 2. The van der Waals surface area contributed by atoms with Gasteiger partial charge in [0.15, 0.2) is 15.0 Å². The largest absolute Gasteiger partial charge is 0.302 e. The highest BCUT2D eigenvalue weighted by atomic mass is 32.2. The maximum Gasteiger partial charge on any atom is 0.243 e. The predicted octanol–water partition coefficient (Wildman–Crippen LogP) is 3.05. The Kier molecular flexibility index (Phi) is 6.10. The van der Waals surface area contributed by atoms with Crippen LogP contribution in [0.5, 0.6) is 0 Å². The number of carbonyl (C=O) groups excluding carboxylic acids is 1. The summed E-state index contributed by atoms with van der Waals surface area (Å²) >= 11 is 1.21. The van der Waals surface area contributed by atoms with Crippen molar-refractivity contribution in [2.75, 3.05) is 24.7 Å². The van der Waals surface area contributed by atoms with E-state index in [0.717, 1.165) is 11.8 Å². The molecule has 1 aliphatic heterocycles. The molecule has 170 valence electrons. The number of thiazole rings is 1. The lowest BCUT2D eigenvalue weighted by Gasteiger charge is -2.30. The molecule has 0 unspecified atom stereocenters. The average Bonchev–Trinajstić information content (AvgIpc) is 3.15. The maximum absolute atomic E-state index is 12.8. The van der Waals surface area contributed by atoms with Crippen LogP contribution in [0.1, 0.15) is 18.4 Å². The fourth-order valence-electron chi connectivity index (χ4n) is 3.61. The van der Waals surface area contributed by atoms with E-state index >= 15 is 0 Å². The van der Waals surface area contributed by atoms with E-state index in [1.54, 1.807) is 36.4 Å². The number of anilines is 1. The first-order valence-corrected chi connectivity index (χ1v) is 14.2. The first-order chi connectivity index (χ1) is 15.0. The van der Waals surface area contributed by atoms with E-state index in [9.17, 15) is 21.6 Å². The Labute approximate surface area is 191 Å². The van der Waals surface area contributed by atoms with Crippen LogP contribution in [0.3, 0.4) is 0 Å². The summed E-state index contributed by atoms with van der Waals surface area (Å²) in [7, 11) is -6.91. The van der Waals surface area contributed by atoms with Crippen LogP contribution in [0, 0.1) is 12.8 Å². The van der Waals surface area contributed by atoms with Crippen LogP contribution >= 0.6 is 11.3 Å². The molecule has 1 fully saturated rings. The predicted molar refractivity (Wildman–Crippen MR) is 124 cm³/mol. The summed E-state index contributed by atoms with van der Waals surface area (Å²) in [6.45, 7) is 2.44. The summed E-state index contributed by atoms with van der Waals surface area (Å²) < 4.78 is 51.2. The molecule has 3 aromatic rings. The third-order valence-electron chi connectivity index (χ3n) is 5.50. The molecular weight excluding hydrogens is 470 g/mol. The minimum atomic E-state index is -3.58. The van der Waals surface area contributed by atoms with Gasteiger partial charge >= 0.3 is 0 Å². The zero-order valence-electron chi connectivity index (χ0n) is 17.6. The zero-order chi connectivity index (χ0) is 23.1. The number of sulfone groups is 1. The van der Waals surface area contributed by atoms with Crippen molar-refractivity contribution >= 4 is 52.5 Å². The summed E-state index contributed by atoms with van der Waals surface area (Å²) in [5.74, 6) is -0.530. The number of piperidine rings is 1. The number of nitrogens with one attached hydrogen (secondary N) is 1. The Morgan fingerprint density at radius 1 is 1.03 bits per heavy atom. The Morgan fingerprint density at radius 2 is 1.66 bits per heavy atom. The lowest BCUT2D eigenvalue weighted by atomic mass is 9.97. The molecule has 0 atom stereocenters. The highest BCUT2D eigenvalue weighted by molar-refractivity contribution is 7.90. The molecule has 1 amide bonds. The minimum absolute atomic E-state index is 0.202. The van der Waals surface area contributed by atoms with Gasteiger partial charge in [-0.05, 0) is 50.1 Å². The van der Waals surface area contributed by atoms with Gasteiger partial charge in [0.05, 0.1) is 20.0 Å². The molecule has 0 aliphatic carbocycles. The van der Waals surface area contributed by atoms with E-state index in [-0.39, 0.29) is 34.7 Å². The molecule has 4 rings (SSSR count). The van der Waals surface area contributed by atoms with Crippen molar-refractivity contribution in [2.45, 2.75) is 29.6 Å². The first kappa shape index (κ1) is 22.8. The fourth-order valence-corrected chi connectivity index (χ4v) is 6.71. The van der Waals surface area contributed by atoms with Gasteiger partial charge in [-0.25, -0.2) is 21.8 Å². The summed E-state index contributed by atoms with van der Waals surface area (Å²) in [6, 6.07) is 11.4. The standard InChI is InChI=1S/C21H23N3O5S3/c1-14-3-5-16(6-4-14)32(28,29)24-11-9-15(10-12-24)20(25)23-21-22-18-8-7-17(31(2,26)27)13-19(18)30-21/h3-8,13,15H,9-12H2,1-2H3,(H,22,23,25). The highest BCUT2D eigenvalue weighted by Gasteiger charge is 2.32. The van der Waals surface area contributed by atoms with Crippen LogP contribution in [0.25, 0.3) is 10.2 Å². The minimum Gasteiger partial charge on any atom is -0.302 e. The Bertz CT molecular complexity index is 1370. The molecule has 0 radical (unpaired) electrons. The molecule has 0 spiro atoms. The highest BCUT2D eigenvalue weighted by Crippen LogP contribution is 2.30. The van der Waals surface area contributed by atoms with Gasteiger partial charge in [-0.3, -0.25) is 4.79 Å². The lowest BCUT2D eigenvalue weighted by Crippen LogP contribution is -2.41. The first-order valence-electron chi connectivity index (χ1n) is 10.0. The van der Waals surface area contributed by atoms with Gasteiger partial charge in [0.2, 0.25) is 15.9 Å². The van der Waals surface area contributed by atoms with Crippen LogP contribution in [-0.4, -0.2) is 51.4 Å². The summed E-state index contributed by atoms with van der Waals surface area (Å²) in [5, 5.41) is 3.20. The lowest BCUT2D eigenvalue weighted by molar-refractivity contribution is -0.120. The average molecular weight is 494 g/mol. The fraction of sp³-hybridized carbons (Fsp3) is 0.333. The maximum atomic E-state index is 12.8. The molecule has 1 aliphatic rings. The molecular formula is C21H23N3O5S3. The number of rotatable bonds is 5. The van der Waals surface area contributed by atoms with Crippen molar-refractivity contribution in [1.82, 2.24) is 9.29 Å². The van der Waals surface area contributed by atoms with E-state index in [1.807, 2.05) is 6.92 Å². The molecule has 0 saturated carbocycles. The van der Waals surface area contributed by atoms with Crippen LogP contribution in [-0.2, 0) is 24.7 Å². The molecule has 2 aromatic carbocycles. The molecule has 8 nitrogen and oxygen atoms in total. The monoisotopic (exact) mass is 493 g/mol. The molecule has 1 saturated heterocycles. The normalized spacial score (nSPS) is 16.3. The number of hydrogen-bond donors (Lipinski definition) is 1. The smallest absolute Gasteiger partial charge is 0.243 e. The third-order valence-corrected chi connectivity index (χ3v) is 9.46. The van der Waals surface area contributed by atoms with Crippen molar-refractivity contribution in [3.8, 4) is 0 Å². The molecule has 0 bridgehead atoms. The van der Waals surface area contributed by atoms with Crippen molar-refractivity contribution in [1.29, 1.82) is 0 Å². The van der Waals surface area contributed by atoms with Gasteiger partial charge < -0.3 is 5.32 Å². The van der Waals surface area contributed by atoms with Crippen LogP contribution < -0.4 is 5.32 Å². The van der Waals surface area contributed by atoms with E-state index in [1.165, 1.54) is 21.7 Å². The molecule has 1 aromatic heterocycles. The van der Waals surface area contributed by atoms with Crippen LogP contribution in [0.15, 0.2) is 52.3 Å².